The van der Waals surface area contributed by atoms with Gasteiger partial charge in [0.05, 0.1) is 11.1 Å². The minimum absolute atomic E-state index is 0.197. The van der Waals surface area contributed by atoms with Gasteiger partial charge in [-0.05, 0) is 65.9 Å². The number of nitrogens with zero attached hydrogens (tertiary/aromatic N) is 2. The summed E-state index contributed by atoms with van der Waals surface area (Å²) in [6.45, 7) is 5.98. The summed E-state index contributed by atoms with van der Waals surface area (Å²) in [5.74, 6) is 2.01. The molecule has 0 fully saturated rings. The number of carbonyl (C=O) groups excluding carboxylic acids is 1. The molecule has 1 aromatic heterocycles. The molecule has 1 aliphatic heterocycles. The zero-order valence-corrected chi connectivity index (χ0v) is 21.3. The van der Waals surface area contributed by atoms with E-state index in [1.54, 1.807) is 12.3 Å². The van der Waals surface area contributed by atoms with Crippen LogP contribution in [0.25, 0.3) is 11.1 Å². The maximum Gasteiger partial charge on any atom is 0.161 e. The summed E-state index contributed by atoms with van der Waals surface area (Å²) in [6, 6.07) is 19.8. The molecule has 3 aromatic carbocycles. The maximum absolute atomic E-state index is 11.7. The van der Waals surface area contributed by atoms with Crippen LogP contribution < -0.4 is 19.5 Å². The number of aromatic nitrogens is 1. The van der Waals surface area contributed by atoms with Gasteiger partial charge in [-0.1, -0.05) is 24.3 Å². The average molecular weight is 506 g/mol. The van der Waals surface area contributed by atoms with E-state index in [2.05, 4.69) is 47.6 Å². The summed E-state index contributed by atoms with van der Waals surface area (Å²) >= 11 is 0. The standard InChI is InChI=1S/C31H27N3O4/c1-20-10-26(18-35)30(38-19-23-11-22(14-32)15-33-16-23)13-28(20)34-17-25-4-3-5-27(21(25)2)24-6-7-29-31(12-24)37-9-8-36-29/h3-7,10-13,15-16,18,34H,8-9,17,19H2,1-2H3. The molecule has 38 heavy (non-hydrogen) atoms. The molecule has 1 aliphatic rings. The Bertz CT molecular complexity index is 1540. The lowest BCUT2D eigenvalue weighted by atomic mass is 9.96. The fraction of sp³-hybridized carbons (Fsp3) is 0.194. The normalized spacial score (nSPS) is 11.9. The van der Waals surface area contributed by atoms with Gasteiger partial charge in [0, 0.05) is 36.3 Å². The Morgan fingerprint density at radius 3 is 2.71 bits per heavy atom. The van der Waals surface area contributed by atoms with Gasteiger partial charge in [-0.25, -0.2) is 0 Å². The predicted molar refractivity (Wildman–Crippen MR) is 145 cm³/mol. The number of fused-ring (bicyclic) bond motifs is 1. The Morgan fingerprint density at radius 1 is 1.05 bits per heavy atom. The quantitative estimate of drug-likeness (QED) is 0.293. The molecule has 190 valence electrons. The molecular weight excluding hydrogens is 478 g/mol. The van der Waals surface area contributed by atoms with E-state index in [0.717, 1.165) is 51.3 Å². The van der Waals surface area contributed by atoms with Crippen LogP contribution in [-0.2, 0) is 13.2 Å². The summed E-state index contributed by atoms with van der Waals surface area (Å²) < 4.78 is 17.4. The summed E-state index contributed by atoms with van der Waals surface area (Å²) in [7, 11) is 0. The van der Waals surface area contributed by atoms with Crippen LogP contribution in [-0.4, -0.2) is 24.5 Å². The van der Waals surface area contributed by atoms with Crippen molar-refractivity contribution in [3.8, 4) is 34.4 Å². The van der Waals surface area contributed by atoms with E-state index < -0.39 is 0 Å². The van der Waals surface area contributed by atoms with E-state index in [9.17, 15) is 4.79 Å². The second-order valence-corrected chi connectivity index (χ2v) is 9.11. The largest absolute Gasteiger partial charge is 0.488 e. The molecule has 0 spiro atoms. The molecule has 0 amide bonds. The SMILES string of the molecule is Cc1cc(C=O)c(OCc2cncc(C#N)c2)cc1NCc1cccc(-c2ccc3c(c2)OCCO3)c1C. The van der Waals surface area contributed by atoms with Crippen LogP contribution in [0.5, 0.6) is 17.2 Å². The van der Waals surface area contributed by atoms with Crippen molar-refractivity contribution in [1.29, 1.82) is 5.26 Å². The maximum atomic E-state index is 11.7. The Kier molecular flexibility index (Phi) is 7.23. The number of hydrogen-bond donors (Lipinski definition) is 1. The van der Waals surface area contributed by atoms with E-state index in [1.807, 2.05) is 31.2 Å². The van der Waals surface area contributed by atoms with Crippen molar-refractivity contribution in [3.63, 3.8) is 0 Å². The second kappa shape index (κ2) is 11.1. The number of nitriles is 1. The van der Waals surface area contributed by atoms with Crippen molar-refractivity contribution < 1.29 is 19.0 Å². The molecule has 0 saturated heterocycles. The fourth-order valence-corrected chi connectivity index (χ4v) is 4.50. The summed E-state index contributed by atoms with van der Waals surface area (Å²) in [5, 5.41) is 12.6. The van der Waals surface area contributed by atoms with Gasteiger partial charge in [-0.3, -0.25) is 9.78 Å². The number of carbonyl (C=O) groups is 1. The molecule has 5 rings (SSSR count). The zero-order valence-electron chi connectivity index (χ0n) is 21.3. The first kappa shape index (κ1) is 24.8. The molecule has 4 aromatic rings. The smallest absolute Gasteiger partial charge is 0.161 e. The summed E-state index contributed by atoms with van der Waals surface area (Å²) in [4.78, 5) is 15.8. The molecule has 0 atom stereocenters. The third-order valence-electron chi connectivity index (χ3n) is 6.57. The van der Waals surface area contributed by atoms with Gasteiger partial charge < -0.3 is 19.5 Å². The Balaban J connectivity index is 1.35. The Labute approximate surface area is 221 Å². The number of hydrogen-bond acceptors (Lipinski definition) is 7. The third kappa shape index (κ3) is 5.30. The van der Waals surface area contributed by atoms with Gasteiger partial charge in [0.15, 0.2) is 17.8 Å². The van der Waals surface area contributed by atoms with Crippen molar-refractivity contribution >= 4 is 12.0 Å². The van der Waals surface area contributed by atoms with Crippen LogP contribution in [0.1, 0.15) is 38.2 Å². The predicted octanol–water partition coefficient (Wildman–Crippen LogP) is 6.01. The summed E-state index contributed by atoms with van der Waals surface area (Å²) in [5.41, 5.74) is 8.01. The van der Waals surface area contributed by atoms with Crippen LogP contribution in [0.4, 0.5) is 5.69 Å². The lowest BCUT2D eigenvalue weighted by Crippen LogP contribution is -2.15. The Morgan fingerprint density at radius 2 is 1.89 bits per heavy atom. The number of pyridine rings is 1. The van der Waals surface area contributed by atoms with E-state index in [1.165, 1.54) is 11.8 Å². The molecule has 0 unspecified atom stereocenters. The van der Waals surface area contributed by atoms with Gasteiger partial charge in [0.25, 0.3) is 0 Å². The van der Waals surface area contributed by atoms with Crippen molar-refractivity contribution in [2.75, 3.05) is 18.5 Å². The first-order valence-electron chi connectivity index (χ1n) is 12.3. The minimum Gasteiger partial charge on any atom is -0.488 e. The van der Waals surface area contributed by atoms with Gasteiger partial charge in [-0.2, -0.15) is 5.26 Å². The zero-order chi connectivity index (χ0) is 26.5. The van der Waals surface area contributed by atoms with Gasteiger partial charge in [0.1, 0.15) is 31.6 Å². The van der Waals surface area contributed by atoms with Crippen LogP contribution in [0.15, 0.2) is 67.0 Å². The highest BCUT2D eigenvalue weighted by Gasteiger charge is 2.15. The monoisotopic (exact) mass is 505 g/mol. The highest BCUT2D eigenvalue weighted by molar-refractivity contribution is 5.82. The number of aryl methyl sites for hydroxylation is 1. The van der Waals surface area contributed by atoms with Gasteiger partial charge >= 0.3 is 0 Å². The molecule has 7 heteroatoms. The molecule has 0 radical (unpaired) electrons. The number of rotatable bonds is 8. The first-order chi connectivity index (χ1) is 18.6. The van der Waals surface area contributed by atoms with Gasteiger partial charge in [-0.15, -0.1) is 0 Å². The molecular formula is C31H27N3O4. The van der Waals surface area contributed by atoms with Crippen molar-refractivity contribution in [2.45, 2.75) is 27.0 Å². The fourth-order valence-electron chi connectivity index (χ4n) is 4.50. The van der Waals surface area contributed by atoms with E-state index in [4.69, 9.17) is 19.5 Å². The van der Waals surface area contributed by atoms with Crippen LogP contribution in [0.2, 0.25) is 0 Å². The molecule has 0 bridgehead atoms. The minimum atomic E-state index is 0.197. The van der Waals surface area contributed by atoms with E-state index in [-0.39, 0.29) is 6.61 Å². The Hall–Kier alpha value is -4.83. The number of anilines is 1. The van der Waals surface area contributed by atoms with Crippen LogP contribution >= 0.6 is 0 Å². The highest BCUT2D eigenvalue weighted by Crippen LogP contribution is 2.36. The van der Waals surface area contributed by atoms with Crippen molar-refractivity contribution in [2.24, 2.45) is 0 Å². The lowest BCUT2D eigenvalue weighted by molar-refractivity contribution is 0.111. The molecule has 0 saturated carbocycles. The van der Waals surface area contributed by atoms with Crippen LogP contribution in [0, 0.1) is 25.2 Å². The van der Waals surface area contributed by atoms with Crippen molar-refractivity contribution in [3.05, 3.63) is 100 Å². The molecule has 7 nitrogen and oxygen atoms in total. The topological polar surface area (TPSA) is 93.5 Å². The number of benzene rings is 3. The van der Waals surface area contributed by atoms with E-state index in [0.29, 0.717) is 36.6 Å². The van der Waals surface area contributed by atoms with Crippen LogP contribution in [0.3, 0.4) is 0 Å². The highest BCUT2D eigenvalue weighted by atomic mass is 16.6. The number of ether oxygens (including phenoxy) is 3. The lowest BCUT2D eigenvalue weighted by Gasteiger charge is -2.20. The van der Waals surface area contributed by atoms with Crippen molar-refractivity contribution in [1.82, 2.24) is 4.98 Å². The van der Waals surface area contributed by atoms with Gasteiger partial charge in [0.2, 0.25) is 0 Å². The average Bonchev–Trinajstić information content (AvgIpc) is 2.96. The first-order valence-corrected chi connectivity index (χ1v) is 12.3. The molecule has 2 heterocycles. The molecule has 0 aliphatic carbocycles. The molecule has 1 N–H and O–H groups in total. The second-order valence-electron chi connectivity index (χ2n) is 9.11. The van der Waals surface area contributed by atoms with E-state index >= 15 is 0 Å². The summed E-state index contributed by atoms with van der Waals surface area (Å²) in [6.07, 6.45) is 3.93. The number of aldehydes is 1. The number of nitrogens with one attached hydrogen (secondary N) is 1. The third-order valence-corrected chi connectivity index (χ3v) is 6.57.